The van der Waals surface area contributed by atoms with Crippen LogP contribution in [-0.4, -0.2) is 13.2 Å². The monoisotopic (exact) mass is 253 g/mol. The molecule has 102 valence electrons. The first-order valence-corrected chi connectivity index (χ1v) is 6.76. The van der Waals surface area contributed by atoms with Gasteiger partial charge in [-0.2, -0.15) is 0 Å². The molecule has 0 heterocycles. The van der Waals surface area contributed by atoms with E-state index in [0.29, 0.717) is 24.8 Å². The number of halogens is 1. The van der Waals surface area contributed by atoms with Gasteiger partial charge in [0.25, 0.3) is 0 Å². The Morgan fingerprint density at radius 1 is 1.33 bits per heavy atom. The van der Waals surface area contributed by atoms with Gasteiger partial charge in [0.2, 0.25) is 0 Å². The largest absolute Gasteiger partial charge is 0.490 e. The third-order valence-electron chi connectivity index (χ3n) is 2.79. The summed E-state index contributed by atoms with van der Waals surface area (Å²) in [5, 5.41) is 3.19. The predicted molar refractivity (Wildman–Crippen MR) is 73.3 cm³/mol. The number of hydrogen-bond donors (Lipinski definition) is 1. The summed E-state index contributed by atoms with van der Waals surface area (Å²) in [4.78, 5) is 0. The van der Waals surface area contributed by atoms with Gasteiger partial charge >= 0.3 is 0 Å². The highest BCUT2D eigenvalue weighted by Gasteiger charge is 2.09. The van der Waals surface area contributed by atoms with Gasteiger partial charge in [0.05, 0.1) is 6.61 Å². The molecule has 1 N–H and O–H groups in total. The van der Waals surface area contributed by atoms with Crippen molar-refractivity contribution < 1.29 is 9.13 Å². The minimum atomic E-state index is -0.269. The molecule has 0 atom stereocenters. The van der Waals surface area contributed by atoms with E-state index in [4.69, 9.17) is 4.74 Å². The normalized spacial score (nSPS) is 10.9. The fourth-order valence-electron chi connectivity index (χ4n) is 1.78. The van der Waals surface area contributed by atoms with Crippen molar-refractivity contribution in [3.05, 3.63) is 29.6 Å². The Morgan fingerprint density at radius 2 is 2.11 bits per heavy atom. The Morgan fingerprint density at radius 3 is 2.78 bits per heavy atom. The Bertz CT molecular complexity index is 352. The molecule has 0 aliphatic rings. The van der Waals surface area contributed by atoms with Crippen LogP contribution in [0, 0.1) is 11.7 Å². The van der Waals surface area contributed by atoms with Crippen LogP contribution in [0.5, 0.6) is 5.75 Å². The van der Waals surface area contributed by atoms with E-state index in [1.807, 2.05) is 13.0 Å². The number of benzene rings is 1. The first-order chi connectivity index (χ1) is 8.65. The molecule has 3 heteroatoms. The molecule has 1 rings (SSSR count). The average Bonchev–Trinajstić information content (AvgIpc) is 2.33. The molecule has 0 bridgehead atoms. The lowest BCUT2D eigenvalue weighted by molar-refractivity contribution is 0.281. The summed E-state index contributed by atoms with van der Waals surface area (Å²) < 4.78 is 19.3. The highest BCUT2D eigenvalue weighted by molar-refractivity contribution is 5.34. The summed E-state index contributed by atoms with van der Waals surface area (Å²) in [5.41, 5.74) is 0.890. The zero-order valence-electron chi connectivity index (χ0n) is 11.6. The van der Waals surface area contributed by atoms with Crippen LogP contribution < -0.4 is 10.1 Å². The van der Waals surface area contributed by atoms with Crippen molar-refractivity contribution in [3.8, 4) is 5.75 Å². The first kappa shape index (κ1) is 15.0. The molecule has 0 amide bonds. The van der Waals surface area contributed by atoms with E-state index in [1.165, 1.54) is 6.07 Å². The lowest BCUT2D eigenvalue weighted by Gasteiger charge is -2.13. The van der Waals surface area contributed by atoms with Crippen molar-refractivity contribution >= 4 is 0 Å². The summed E-state index contributed by atoms with van der Waals surface area (Å²) >= 11 is 0. The molecule has 0 saturated carbocycles. The molecule has 0 aromatic heterocycles. The summed E-state index contributed by atoms with van der Waals surface area (Å²) in [7, 11) is 0. The van der Waals surface area contributed by atoms with E-state index in [-0.39, 0.29) is 5.82 Å². The van der Waals surface area contributed by atoms with Crippen molar-refractivity contribution in [2.24, 2.45) is 5.92 Å². The van der Waals surface area contributed by atoms with Gasteiger partial charge in [-0.15, -0.1) is 0 Å². The molecule has 2 nitrogen and oxygen atoms in total. The SMILES string of the molecule is CCNCc1cccc(F)c1OCCCC(C)C. The van der Waals surface area contributed by atoms with Crippen LogP contribution in [-0.2, 0) is 6.54 Å². The molecule has 0 fully saturated rings. The third-order valence-corrected chi connectivity index (χ3v) is 2.79. The summed E-state index contributed by atoms with van der Waals surface area (Å²) in [5.74, 6) is 0.799. The first-order valence-electron chi connectivity index (χ1n) is 6.76. The third kappa shape index (κ3) is 5.05. The second-order valence-corrected chi connectivity index (χ2v) is 4.89. The molecule has 0 radical (unpaired) electrons. The van der Waals surface area contributed by atoms with Gasteiger partial charge in [-0.25, -0.2) is 4.39 Å². The minimum Gasteiger partial charge on any atom is -0.490 e. The molecule has 1 aromatic rings. The molecular weight excluding hydrogens is 229 g/mol. The number of rotatable bonds is 8. The van der Waals surface area contributed by atoms with Crippen LogP contribution in [0.4, 0.5) is 4.39 Å². The lowest BCUT2D eigenvalue weighted by atomic mass is 10.1. The minimum absolute atomic E-state index is 0.269. The van der Waals surface area contributed by atoms with E-state index in [1.54, 1.807) is 6.07 Å². The Kier molecular flexibility index (Phi) is 6.73. The second kappa shape index (κ2) is 8.09. The number of ether oxygens (including phenoxy) is 1. The highest BCUT2D eigenvalue weighted by Crippen LogP contribution is 2.23. The van der Waals surface area contributed by atoms with Gasteiger partial charge in [-0.3, -0.25) is 0 Å². The van der Waals surface area contributed by atoms with Crippen LogP contribution >= 0.6 is 0 Å². The molecule has 18 heavy (non-hydrogen) atoms. The van der Waals surface area contributed by atoms with E-state index in [0.717, 1.165) is 24.9 Å². The maximum Gasteiger partial charge on any atom is 0.165 e. The van der Waals surface area contributed by atoms with Crippen LogP contribution in [0.3, 0.4) is 0 Å². The van der Waals surface area contributed by atoms with Crippen molar-refractivity contribution in [2.45, 2.75) is 40.2 Å². The Balaban J connectivity index is 2.56. The highest BCUT2D eigenvalue weighted by atomic mass is 19.1. The second-order valence-electron chi connectivity index (χ2n) is 4.89. The van der Waals surface area contributed by atoms with Crippen molar-refractivity contribution in [2.75, 3.05) is 13.2 Å². The number of hydrogen-bond acceptors (Lipinski definition) is 2. The molecule has 0 saturated heterocycles. The quantitative estimate of drug-likeness (QED) is 0.712. The van der Waals surface area contributed by atoms with Crippen molar-refractivity contribution in [1.29, 1.82) is 0 Å². The van der Waals surface area contributed by atoms with Gasteiger partial charge in [0, 0.05) is 12.1 Å². The Labute approximate surface area is 110 Å². The smallest absolute Gasteiger partial charge is 0.165 e. The molecule has 1 aromatic carbocycles. The summed E-state index contributed by atoms with van der Waals surface area (Å²) in [6.45, 7) is 8.48. The maximum atomic E-state index is 13.7. The molecule has 0 aliphatic heterocycles. The molecule has 0 spiro atoms. The molecule has 0 unspecified atom stereocenters. The zero-order chi connectivity index (χ0) is 13.4. The van der Waals surface area contributed by atoms with Crippen molar-refractivity contribution in [1.82, 2.24) is 5.32 Å². The van der Waals surface area contributed by atoms with Gasteiger partial charge in [0.15, 0.2) is 11.6 Å². The molecule has 0 aliphatic carbocycles. The predicted octanol–water partition coefficient (Wildman–Crippen LogP) is 3.75. The van der Waals surface area contributed by atoms with E-state index >= 15 is 0 Å². The Hall–Kier alpha value is -1.09. The maximum absolute atomic E-state index is 13.7. The summed E-state index contributed by atoms with van der Waals surface area (Å²) in [6, 6.07) is 5.08. The van der Waals surface area contributed by atoms with E-state index in [9.17, 15) is 4.39 Å². The topological polar surface area (TPSA) is 21.3 Å². The molecular formula is C15H24FNO. The van der Waals surface area contributed by atoms with Crippen LogP contribution in [0.25, 0.3) is 0 Å². The van der Waals surface area contributed by atoms with E-state index < -0.39 is 0 Å². The van der Waals surface area contributed by atoms with Crippen LogP contribution in [0.15, 0.2) is 18.2 Å². The fraction of sp³-hybridized carbons (Fsp3) is 0.600. The van der Waals surface area contributed by atoms with Gasteiger partial charge in [-0.05, 0) is 31.4 Å². The zero-order valence-corrected chi connectivity index (χ0v) is 11.6. The average molecular weight is 253 g/mol. The van der Waals surface area contributed by atoms with Crippen LogP contribution in [0.2, 0.25) is 0 Å². The van der Waals surface area contributed by atoms with Crippen LogP contribution in [0.1, 0.15) is 39.2 Å². The van der Waals surface area contributed by atoms with Gasteiger partial charge in [0.1, 0.15) is 0 Å². The van der Waals surface area contributed by atoms with Gasteiger partial charge < -0.3 is 10.1 Å². The van der Waals surface area contributed by atoms with E-state index in [2.05, 4.69) is 19.2 Å². The number of nitrogens with one attached hydrogen (secondary N) is 1. The lowest BCUT2D eigenvalue weighted by Crippen LogP contribution is -2.13. The fourth-order valence-corrected chi connectivity index (χ4v) is 1.78. The number of para-hydroxylation sites is 1. The van der Waals surface area contributed by atoms with Crippen molar-refractivity contribution in [3.63, 3.8) is 0 Å². The summed E-state index contributed by atoms with van der Waals surface area (Å²) in [6.07, 6.45) is 2.07. The van der Waals surface area contributed by atoms with Gasteiger partial charge in [-0.1, -0.05) is 32.9 Å². The standard InChI is InChI=1S/C15H24FNO/c1-4-17-11-13-8-5-9-14(16)15(13)18-10-6-7-12(2)3/h5,8-9,12,17H,4,6-7,10-11H2,1-3H3.